The number of nitrogens with one attached hydrogen (secondary N) is 1. The van der Waals surface area contributed by atoms with E-state index in [-0.39, 0.29) is 12.5 Å². The molecule has 94 valence electrons. The topological polar surface area (TPSA) is 72.9 Å². The van der Waals surface area contributed by atoms with E-state index in [1.807, 2.05) is 37.3 Å². The minimum Gasteiger partial charge on any atom is -0.326 e. The number of para-hydroxylation sites is 1. The monoisotopic (exact) mass is 244 g/mol. The number of carbonyl (C=O) groups is 1. The van der Waals surface area contributed by atoms with Crippen LogP contribution in [-0.4, -0.2) is 15.7 Å². The van der Waals surface area contributed by atoms with Crippen LogP contribution in [0.1, 0.15) is 11.3 Å². The Hall–Kier alpha value is -2.14. The van der Waals surface area contributed by atoms with Crippen molar-refractivity contribution >= 4 is 11.6 Å². The lowest BCUT2D eigenvalue weighted by Crippen LogP contribution is -2.20. The molecule has 1 amide bonds. The third-order valence-corrected chi connectivity index (χ3v) is 2.59. The van der Waals surface area contributed by atoms with Crippen molar-refractivity contribution in [1.82, 2.24) is 9.78 Å². The first kappa shape index (κ1) is 12.3. The van der Waals surface area contributed by atoms with Crippen LogP contribution in [0.25, 0.3) is 0 Å². The summed E-state index contributed by atoms with van der Waals surface area (Å²) in [7, 11) is 0. The number of benzene rings is 1. The molecule has 0 aliphatic rings. The van der Waals surface area contributed by atoms with E-state index in [9.17, 15) is 4.79 Å². The lowest BCUT2D eigenvalue weighted by Gasteiger charge is -2.09. The molecule has 2 rings (SSSR count). The first-order chi connectivity index (χ1) is 8.69. The highest BCUT2D eigenvalue weighted by Gasteiger charge is 2.06. The fraction of sp³-hybridized carbons (Fsp3) is 0.231. The first-order valence-corrected chi connectivity index (χ1v) is 5.77. The molecule has 1 aromatic carbocycles. The number of nitrogens with two attached hydrogens (primary N) is 1. The Morgan fingerprint density at radius 3 is 2.83 bits per heavy atom. The van der Waals surface area contributed by atoms with Gasteiger partial charge in [0.2, 0.25) is 5.91 Å². The molecule has 0 bridgehead atoms. The zero-order valence-electron chi connectivity index (χ0n) is 10.3. The van der Waals surface area contributed by atoms with Gasteiger partial charge in [0.25, 0.3) is 0 Å². The number of amides is 1. The molecule has 3 N–H and O–H groups in total. The predicted molar refractivity (Wildman–Crippen MR) is 69.9 cm³/mol. The molecule has 1 aromatic heterocycles. The van der Waals surface area contributed by atoms with Crippen LogP contribution >= 0.6 is 0 Å². The number of nitrogens with zero attached hydrogens (tertiary/aromatic N) is 2. The molecule has 0 spiro atoms. The molecular weight excluding hydrogens is 228 g/mol. The Labute approximate surface area is 106 Å². The summed E-state index contributed by atoms with van der Waals surface area (Å²) in [5.74, 6) is -0.112. The molecule has 0 fully saturated rings. The van der Waals surface area contributed by atoms with E-state index < -0.39 is 0 Å². The number of hydrogen-bond donors (Lipinski definition) is 2. The van der Waals surface area contributed by atoms with Crippen molar-refractivity contribution in [2.75, 3.05) is 5.32 Å². The molecule has 18 heavy (non-hydrogen) atoms. The molecule has 0 aliphatic heterocycles. The van der Waals surface area contributed by atoms with Crippen molar-refractivity contribution in [2.24, 2.45) is 5.73 Å². The quantitative estimate of drug-likeness (QED) is 0.851. The van der Waals surface area contributed by atoms with E-state index in [1.165, 1.54) is 0 Å². The fourth-order valence-corrected chi connectivity index (χ4v) is 1.71. The van der Waals surface area contributed by atoms with Gasteiger partial charge in [-0.1, -0.05) is 18.2 Å². The summed E-state index contributed by atoms with van der Waals surface area (Å²) in [4.78, 5) is 11.8. The number of rotatable bonds is 4. The van der Waals surface area contributed by atoms with Gasteiger partial charge in [-0.2, -0.15) is 5.10 Å². The molecule has 0 unspecified atom stereocenters. The Morgan fingerprint density at radius 1 is 1.39 bits per heavy atom. The SMILES string of the molecule is Cc1ccn(CC(=O)Nc2ccccc2CN)n1. The second-order valence-corrected chi connectivity index (χ2v) is 4.06. The van der Waals surface area contributed by atoms with Gasteiger partial charge in [0.15, 0.2) is 0 Å². The van der Waals surface area contributed by atoms with E-state index in [0.29, 0.717) is 6.54 Å². The van der Waals surface area contributed by atoms with Crippen LogP contribution in [0.4, 0.5) is 5.69 Å². The molecule has 1 heterocycles. The van der Waals surface area contributed by atoms with E-state index in [0.717, 1.165) is 16.9 Å². The molecule has 0 radical (unpaired) electrons. The lowest BCUT2D eigenvalue weighted by molar-refractivity contribution is -0.116. The molecule has 0 saturated carbocycles. The fourth-order valence-electron chi connectivity index (χ4n) is 1.71. The van der Waals surface area contributed by atoms with Crippen molar-refractivity contribution in [2.45, 2.75) is 20.0 Å². The van der Waals surface area contributed by atoms with Crippen LogP contribution in [-0.2, 0) is 17.9 Å². The summed E-state index contributed by atoms with van der Waals surface area (Å²) in [6.07, 6.45) is 1.78. The number of aromatic nitrogens is 2. The zero-order chi connectivity index (χ0) is 13.0. The Kier molecular flexibility index (Phi) is 3.74. The van der Waals surface area contributed by atoms with E-state index in [1.54, 1.807) is 10.9 Å². The van der Waals surface area contributed by atoms with Crippen LogP contribution in [0, 0.1) is 6.92 Å². The van der Waals surface area contributed by atoms with Gasteiger partial charge >= 0.3 is 0 Å². The van der Waals surface area contributed by atoms with Gasteiger partial charge < -0.3 is 11.1 Å². The average Bonchev–Trinajstić information content (AvgIpc) is 2.75. The molecule has 0 aliphatic carbocycles. The van der Waals surface area contributed by atoms with Gasteiger partial charge in [-0.15, -0.1) is 0 Å². The van der Waals surface area contributed by atoms with Gasteiger partial charge in [-0.25, -0.2) is 0 Å². The van der Waals surface area contributed by atoms with Crippen LogP contribution in [0.15, 0.2) is 36.5 Å². The molecule has 5 heteroatoms. The Morgan fingerprint density at radius 2 is 2.17 bits per heavy atom. The standard InChI is InChI=1S/C13H16N4O/c1-10-6-7-17(16-10)9-13(18)15-12-5-3-2-4-11(12)8-14/h2-7H,8-9,14H2,1H3,(H,15,18). The highest BCUT2D eigenvalue weighted by Crippen LogP contribution is 2.13. The summed E-state index contributed by atoms with van der Waals surface area (Å²) in [6, 6.07) is 9.37. The second kappa shape index (κ2) is 5.46. The minimum absolute atomic E-state index is 0.112. The Balaban J connectivity index is 2.03. The third-order valence-electron chi connectivity index (χ3n) is 2.59. The maximum atomic E-state index is 11.8. The molecular formula is C13H16N4O. The van der Waals surface area contributed by atoms with Crippen LogP contribution in [0.3, 0.4) is 0 Å². The minimum atomic E-state index is -0.112. The largest absolute Gasteiger partial charge is 0.326 e. The van der Waals surface area contributed by atoms with E-state index in [2.05, 4.69) is 10.4 Å². The van der Waals surface area contributed by atoms with Crippen molar-refractivity contribution in [3.63, 3.8) is 0 Å². The van der Waals surface area contributed by atoms with Crippen molar-refractivity contribution in [1.29, 1.82) is 0 Å². The molecule has 0 saturated heterocycles. The van der Waals surface area contributed by atoms with Gasteiger partial charge in [-0.3, -0.25) is 9.48 Å². The summed E-state index contributed by atoms with van der Waals surface area (Å²) in [6.45, 7) is 2.49. The number of hydrogen-bond acceptors (Lipinski definition) is 3. The summed E-state index contributed by atoms with van der Waals surface area (Å²) in [5, 5.41) is 7.01. The zero-order valence-corrected chi connectivity index (χ0v) is 10.3. The maximum Gasteiger partial charge on any atom is 0.246 e. The van der Waals surface area contributed by atoms with Gasteiger partial charge in [0, 0.05) is 18.4 Å². The average molecular weight is 244 g/mol. The maximum absolute atomic E-state index is 11.8. The van der Waals surface area contributed by atoms with E-state index >= 15 is 0 Å². The summed E-state index contributed by atoms with van der Waals surface area (Å²) < 4.78 is 1.61. The van der Waals surface area contributed by atoms with Gasteiger partial charge in [-0.05, 0) is 24.6 Å². The van der Waals surface area contributed by atoms with Crippen molar-refractivity contribution in [3.8, 4) is 0 Å². The number of carbonyl (C=O) groups excluding carboxylic acids is 1. The van der Waals surface area contributed by atoms with Gasteiger partial charge in [0.05, 0.1) is 5.69 Å². The third kappa shape index (κ3) is 2.95. The summed E-state index contributed by atoms with van der Waals surface area (Å²) >= 11 is 0. The second-order valence-electron chi connectivity index (χ2n) is 4.06. The normalized spacial score (nSPS) is 10.3. The molecule has 0 atom stereocenters. The van der Waals surface area contributed by atoms with Gasteiger partial charge in [0.1, 0.15) is 6.54 Å². The molecule has 2 aromatic rings. The Bertz CT molecular complexity index is 547. The van der Waals surface area contributed by atoms with E-state index in [4.69, 9.17) is 5.73 Å². The van der Waals surface area contributed by atoms with Crippen LogP contribution in [0.5, 0.6) is 0 Å². The number of aryl methyl sites for hydroxylation is 1. The van der Waals surface area contributed by atoms with Crippen LogP contribution < -0.4 is 11.1 Å². The van der Waals surface area contributed by atoms with Crippen LogP contribution in [0.2, 0.25) is 0 Å². The van der Waals surface area contributed by atoms with Crippen molar-refractivity contribution in [3.05, 3.63) is 47.8 Å². The smallest absolute Gasteiger partial charge is 0.246 e. The summed E-state index contributed by atoms with van der Waals surface area (Å²) in [5.41, 5.74) is 8.18. The molecule has 5 nitrogen and oxygen atoms in total. The highest BCUT2D eigenvalue weighted by atomic mass is 16.2. The first-order valence-electron chi connectivity index (χ1n) is 5.77. The van der Waals surface area contributed by atoms with Crippen molar-refractivity contribution < 1.29 is 4.79 Å². The predicted octanol–water partition coefficient (Wildman–Crippen LogP) is 1.29. The highest BCUT2D eigenvalue weighted by molar-refractivity contribution is 5.91. The lowest BCUT2D eigenvalue weighted by atomic mass is 10.2. The number of anilines is 1.